The van der Waals surface area contributed by atoms with Crippen molar-refractivity contribution in [3.8, 4) is 68.7 Å². The molecule has 0 amide bonds. The smallest absolute Gasteiger partial charge is 0.347 e. The molecule has 15 nitrogen and oxygen atoms in total. The summed E-state index contributed by atoms with van der Waals surface area (Å²) in [5.74, 6) is -2.45. The second kappa shape index (κ2) is 17.5. The van der Waals surface area contributed by atoms with Crippen molar-refractivity contribution in [3.63, 3.8) is 0 Å². The van der Waals surface area contributed by atoms with E-state index in [1.165, 1.54) is 81.4 Å². The highest BCUT2D eigenvalue weighted by Crippen LogP contribution is 2.38. The fourth-order valence-electron chi connectivity index (χ4n) is 4.59. The van der Waals surface area contributed by atoms with Gasteiger partial charge in [0.15, 0.2) is 35.8 Å². The number of hydrogen-bond donors (Lipinski definition) is 3. The fourth-order valence-corrected chi connectivity index (χ4v) is 4.59. The molecule has 3 aromatic carbocycles. The predicted molar refractivity (Wildman–Crippen MR) is 186 cm³/mol. The van der Waals surface area contributed by atoms with Crippen molar-refractivity contribution in [2.24, 2.45) is 0 Å². The lowest BCUT2D eigenvalue weighted by Gasteiger charge is -2.16. The molecular formula is C37H39N3O12. The zero-order valence-electron chi connectivity index (χ0n) is 29.2. The van der Waals surface area contributed by atoms with Crippen LogP contribution < -0.4 is 14.2 Å². The molecule has 0 saturated heterocycles. The molecule has 4 rings (SSSR count). The summed E-state index contributed by atoms with van der Waals surface area (Å²) in [5, 5.41) is 33.1. The molecule has 52 heavy (non-hydrogen) atoms. The van der Waals surface area contributed by atoms with Crippen LogP contribution in [0.3, 0.4) is 0 Å². The van der Waals surface area contributed by atoms with Crippen molar-refractivity contribution in [1.82, 2.24) is 15.0 Å². The maximum Gasteiger partial charge on any atom is 0.347 e. The first-order valence-corrected chi connectivity index (χ1v) is 16.2. The SMILES string of the molecule is C=CCOC(=O)C(C)Oc1ccc(-c2nc(-c3ccc(OC(C)C(=O)OCC)cc3O)nc(-c3ccc(OC(C)C(=O)OCC)cc3O)n2)c(O)c1. The summed E-state index contributed by atoms with van der Waals surface area (Å²) in [6.07, 6.45) is -1.48. The first kappa shape index (κ1) is 38.4. The van der Waals surface area contributed by atoms with Gasteiger partial charge in [-0.05, 0) is 71.0 Å². The van der Waals surface area contributed by atoms with Crippen LogP contribution in [-0.2, 0) is 28.6 Å². The quantitative estimate of drug-likeness (QED) is 0.0779. The van der Waals surface area contributed by atoms with E-state index in [2.05, 4.69) is 21.5 Å². The summed E-state index contributed by atoms with van der Waals surface area (Å²) in [4.78, 5) is 49.8. The fraction of sp³-hybridized carbons (Fsp3) is 0.297. The molecule has 0 saturated carbocycles. The minimum atomic E-state index is -0.994. The molecule has 0 aliphatic carbocycles. The third kappa shape index (κ3) is 9.65. The van der Waals surface area contributed by atoms with Gasteiger partial charge >= 0.3 is 17.9 Å². The lowest BCUT2D eigenvalue weighted by Crippen LogP contribution is -2.26. The van der Waals surface area contributed by atoms with Crippen molar-refractivity contribution in [2.45, 2.75) is 52.9 Å². The summed E-state index contributed by atoms with van der Waals surface area (Å²) in [6.45, 7) is 11.7. The number of phenols is 3. The molecule has 0 radical (unpaired) electrons. The molecule has 274 valence electrons. The Kier molecular flexibility index (Phi) is 12.9. The second-order valence-electron chi connectivity index (χ2n) is 11.0. The van der Waals surface area contributed by atoms with Gasteiger partial charge in [0.25, 0.3) is 0 Å². The zero-order valence-corrected chi connectivity index (χ0v) is 29.2. The summed E-state index contributed by atoms with van der Waals surface area (Å²) < 4.78 is 31.8. The van der Waals surface area contributed by atoms with Crippen LogP contribution in [0.4, 0.5) is 0 Å². The van der Waals surface area contributed by atoms with Crippen LogP contribution >= 0.6 is 0 Å². The van der Waals surface area contributed by atoms with Gasteiger partial charge in [0, 0.05) is 18.2 Å². The Morgan fingerprint density at radius 2 is 0.904 bits per heavy atom. The Bertz CT molecular complexity index is 1840. The Hall–Kier alpha value is -6.38. The number of benzene rings is 3. The van der Waals surface area contributed by atoms with Crippen LogP contribution in [-0.4, -0.2) is 86.3 Å². The normalized spacial score (nSPS) is 12.5. The van der Waals surface area contributed by atoms with Crippen LogP contribution in [0.15, 0.2) is 67.3 Å². The van der Waals surface area contributed by atoms with E-state index >= 15 is 0 Å². The number of rotatable bonds is 16. The van der Waals surface area contributed by atoms with Crippen molar-refractivity contribution in [1.29, 1.82) is 0 Å². The maximum atomic E-state index is 12.2. The van der Waals surface area contributed by atoms with Crippen molar-refractivity contribution in [3.05, 3.63) is 67.3 Å². The number of hydrogen-bond acceptors (Lipinski definition) is 15. The number of ether oxygens (including phenoxy) is 6. The molecular weight excluding hydrogens is 678 g/mol. The molecule has 1 aromatic heterocycles. The van der Waals surface area contributed by atoms with E-state index in [0.29, 0.717) is 0 Å². The standard InChI is InChI=1S/C37H39N3O12/c1-7-16-49-37(46)22(6)52-25-12-15-28(31(43)19-25)34-39-32(26-13-10-23(17-29(26)41)50-20(4)35(44)47-8-2)38-33(40-34)27-14-11-24(18-30(27)42)51-21(5)36(45)48-9-3/h7,10-15,17-22,41-43H,1,8-9,16H2,2-6H3. The van der Waals surface area contributed by atoms with Gasteiger partial charge in [-0.1, -0.05) is 12.7 Å². The summed E-state index contributed by atoms with van der Waals surface area (Å²) in [6, 6.07) is 12.7. The lowest BCUT2D eigenvalue weighted by atomic mass is 10.1. The monoisotopic (exact) mass is 717 g/mol. The molecule has 0 aliphatic heterocycles. The van der Waals surface area contributed by atoms with Crippen LogP contribution in [0.5, 0.6) is 34.5 Å². The van der Waals surface area contributed by atoms with Gasteiger partial charge in [0.1, 0.15) is 41.1 Å². The number of phenolic OH excluding ortho intramolecular Hbond substituents is 3. The Balaban J connectivity index is 1.75. The van der Waals surface area contributed by atoms with Crippen molar-refractivity contribution in [2.75, 3.05) is 19.8 Å². The van der Waals surface area contributed by atoms with Gasteiger partial charge in [-0.25, -0.2) is 29.3 Å². The number of carbonyl (C=O) groups is 3. The van der Waals surface area contributed by atoms with E-state index in [9.17, 15) is 29.7 Å². The summed E-state index contributed by atoms with van der Waals surface area (Å²) in [7, 11) is 0. The minimum absolute atomic E-state index is 0.0107. The van der Waals surface area contributed by atoms with E-state index < -0.39 is 36.2 Å². The van der Waals surface area contributed by atoms with Gasteiger partial charge < -0.3 is 43.7 Å². The number of aromatic hydroxyl groups is 3. The van der Waals surface area contributed by atoms with Crippen molar-refractivity contribution < 1.29 is 58.1 Å². The number of carbonyl (C=O) groups excluding carboxylic acids is 3. The first-order valence-electron chi connectivity index (χ1n) is 16.2. The molecule has 0 spiro atoms. The van der Waals surface area contributed by atoms with Gasteiger partial charge in [-0.2, -0.15) is 0 Å². The Morgan fingerprint density at radius 3 is 1.17 bits per heavy atom. The molecule has 0 aliphatic rings. The van der Waals surface area contributed by atoms with Gasteiger partial charge in [-0.3, -0.25) is 0 Å². The molecule has 15 heteroatoms. The van der Waals surface area contributed by atoms with E-state index in [0.717, 1.165) is 0 Å². The Morgan fingerprint density at radius 1 is 0.596 bits per heavy atom. The highest BCUT2D eigenvalue weighted by molar-refractivity contribution is 5.77. The zero-order chi connectivity index (χ0) is 37.9. The summed E-state index contributed by atoms with van der Waals surface area (Å²) >= 11 is 0. The highest BCUT2D eigenvalue weighted by Gasteiger charge is 2.23. The predicted octanol–water partition coefficient (Wildman–Crippen LogP) is 5.15. The molecule has 3 atom stereocenters. The van der Waals surface area contributed by atoms with E-state index in [4.69, 9.17) is 28.4 Å². The average Bonchev–Trinajstić information content (AvgIpc) is 3.10. The average molecular weight is 718 g/mol. The lowest BCUT2D eigenvalue weighted by molar-refractivity contribution is -0.151. The molecule has 0 bridgehead atoms. The van der Waals surface area contributed by atoms with Gasteiger partial charge in [-0.15, -0.1) is 0 Å². The number of esters is 3. The molecule has 3 unspecified atom stereocenters. The number of nitrogens with zero attached hydrogens (tertiary/aromatic N) is 3. The third-order valence-corrected chi connectivity index (χ3v) is 7.12. The van der Waals surface area contributed by atoms with Crippen LogP contribution in [0, 0.1) is 0 Å². The third-order valence-electron chi connectivity index (χ3n) is 7.12. The van der Waals surface area contributed by atoms with Crippen molar-refractivity contribution >= 4 is 17.9 Å². The minimum Gasteiger partial charge on any atom is -0.507 e. The molecule has 1 heterocycles. The van der Waals surface area contributed by atoms with Crippen LogP contribution in [0.1, 0.15) is 34.6 Å². The van der Waals surface area contributed by atoms with Crippen LogP contribution in [0.25, 0.3) is 34.2 Å². The van der Waals surface area contributed by atoms with E-state index in [1.807, 2.05) is 0 Å². The largest absolute Gasteiger partial charge is 0.507 e. The molecule has 4 aromatic rings. The van der Waals surface area contributed by atoms with Crippen LogP contribution in [0.2, 0.25) is 0 Å². The number of aromatic nitrogens is 3. The second-order valence-corrected chi connectivity index (χ2v) is 11.0. The first-order chi connectivity index (χ1) is 24.8. The van der Waals surface area contributed by atoms with Gasteiger partial charge in [0.05, 0.1) is 29.9 Å². The van der Waals surface area contributed by atoms with Gasteiger partial charge in [0.2, 0.25) is 0 Å². The molecule has 0 fully saturated rings. The summed E-state index contributed by atoms with van der Waals surface area (Å²) in [5.41, 5.74) is 0.356. The molecule has 3 N–H and O–H groups in total. The maximum absolute atomic E-state index is 12.2. The Labute approximate surface area is 299 Å². The van der Waals surface area contributed by atoms with E-state index in [1.54, 1.807) is 13.8 Å². The van der Waals surface area contributed by atoms with E-state index in [-0.39, 0.29) is 88.5 Å². The highest BCUT2D eigenvalue weighted by atomic mass is 16.6. The topological polar surface area (TPSA) is 206 Å².